The smallest absolute Gasteiger partial charge is 0.343 e. The number of anilines is 1. The van der Waals surface area contributed by atoms with Crippen LogP contribution >= 0.6 is 27.5 Å². The fraction of sp³-hybridized carbons (Fsp3) is 0.0357. The van der Waals surface area contributed by atoms with Gasteiger partial charge in [0.15, 0.2) is 0 Å². The Balaban J connectivity index is 1.40. The first kappa shape index (κ1) is 28.8. The SMILES string of the molecule is COc1ccc(C(=O)Oc2ccc(Br)cc2/C=N/NC(=O)c2ccc(NS(=O)(=O)c3ccc(Cl)cc3)cc2)cc1. The summed E-state index contributed by atoms with van der Waals surface area (Å²) in [5.74, 6) is -0.262. The van der Waals surface area contributed by atoms with E-state index in [-0.39, 0.29) is 21.9 Å². The fourth-order valence-electron chi connectivity index (χ4n) is 3.34. The monoisotopic (exact) mass is 641 g/mol. The lowest BCUT2D eigenvalue weighted by Crippen LogP contribution is -2.18. The molecule has 2 N–H and O–H groups in total. The van der Waals surface area contributed by atoms with Crippen LogP contribution in [0, 0.1) is 0 Å². The second-order valence-electron chi connectivity index (χ2n) is 8.14. The Morgan fingerprint density at radius 2 is 1.55 bits per heavy atom. The van der Waals surface area contributed by atoms with Crippen molar-refractivity contribution in [2.24, 2.45) is 5.10 Å². The molecule has 0 unspecified atom stereocenters. The molecule has 0 fully saturated rings. The van der Waals surface area contributed by atoms with E-state index < -0.39 is 21.9 Å². The first-order valence-corrected chi connectivity index (χ1v) is 14.2. The van der Waals surface area contributed by atoms with Gasteiger partial charge in [-0.3, -0.25) is 9.52 Å². The van der Waals surface area contributed by atoms with E-state index in [2.05, 4.69) is 31.2 Å². The standard InChI is InChI=1S/C28H21BrClN3O6S/c1-38-24-11-4-19(5-12-24)28(35)39-26-15-6-21(29)16-20(26)17-31-32-27(34)18-2-9-23(10-3-18)33-40(36,37)25-13-7-22(30)8-14-25/h2-17,33H,1H3,(H,32,34)/b31-17+. The second kappa shape index (κ2) is 12.8. The van der Waals surface area contributed by atoms with Crippen LogP contribution in [0.25, 0.3) is 0 Å². The van der Waals surface area contributed by atoms with Crippen LogP contribution < -0.4 is 19.6 Å². The Bertz CT molecular complexity index is 1660. The second-order valence-corrected chi connectivity index (χ2v) is 11.2. The summed E-state index contributed by atoms with van der Waals surface area (Å²) >= 11 is 9.19. The Morgan fingerprint density at radius 3 is 2.20 bits per heavy atom. The van der Waals surface area contributed by atoms with E-state index in [9.17, 15) is 18.0 Å². The summed E-state index contributed by atoms with van der Waals surface area (Å²) < 4.78 is 38.9. The number of benzene rings is 4. The van der Waals surface area contributed by atoms with Crippen molar-refractivity contribution in [2.45, 2.75) is 4.90 Å². The van der Waals surface area contributed by atoms with Crippen LogP contribution in [0.2, 0.25) is 5.02 Å². The highest BCUT2D eigenvalue weighted by molar-refractivity contribution is 9.10. The van der Waals surface area contributed by atoms with Gasteiger partial charge in [-0.1, -0.05) is 27.5 Å². The summed E-state index contributed by atoms with van der Waals surface area (Å²) in [5.41, 5.74) is 3.68. The number of esters is 1. The van der Waals surface area contributed by atoms with Crippen molar-refractivity contribution < 1.29 is 27.5 Å². The Kier molecular flexibility index (Phi) is 9.20. The molecule has 0 atom stereocenters. The predicted octanol–water partition coefficient (Wildman–Crippen LogP) is 5.90. The number of hydrogen-bond donors (Lipinski definition) is 2. The van der Waals surface area contributed by atoms with E-state index in [1.54, 1.807) is 42.5 Å². The van der Waals surface area contributed by atoms with Crippen LogP contribution in [0.3, 0.4) is 0 Å². The van der Waals surface area contributed by atoms with Gasteiger partial charge >= 0.3 is 5.97 Å². The third kappa shape index (κ3) is 7.47. The van der Waals surface area contributed by atoms with Crippen molar-refractivity contribution in [1.29, 1.82) is 0 Å². The number of ether oxygens (including phenoxy) is 2. The zero-order chi connectivity index (χ0) is 28.7. The molecule has 1 amide bonds. The molecule has 0 radical (unpaired) electrons. The van der Waals surface area contributed by atoms with Crippen molar-refractivity contribution >= 4 is 61.3 Å². The van der Waals surface area contributed by atoms with E-state index in [1.807, 2.05) is 0 Å². The number of methoxy groups -OCH3 is 1. The molecule has 0 spiro atoms. The first-order chi connectivity index (χ1) is 19.1. The Morgan fingerprint density at radius 1 is 0.900 bits per heavy atom. The van der Waals surface area contributed by atoms with E-state index >= 15 is 0 Å². The third-order valence-electron chi connectivity index (χ3n) is 5.39. The lowest BCUT2D eigenvalue weighted by molar-refractivity contribution is 0.0734. The van der Waals surface area contributed by atoms with Gasteiger partial charge in [0.2, 0.25) is 0 Å². The molecule has 0 bridgehead atoms. The van der Waals surface area contributed by atoms with Crippen LogP contribution in [-0.2, 0) is 10.0 Å². The van der Waals surface area contributed by atoms with E-state index in [0.717, 1.165) is 0 Å². The molecule has 0 aliphatic rings. The Hall–Kier alpha value is -4.19. The van der Waals surface area contributed by atoms with Gasteiger partial charge in [-0.25, -0.2) is 18.6 Å². The van der Waals surface area contributed by atoms with E-state index in [0.29, 0.717) is 26.4 Å². The summed E-state index contributed by atoms with van der Waals surface area (Å²) in [5, 5.41) is 4.39. The van der Waals surface area contributed by atoms with Crippen molar-refractivity contribution in [2.75, 3.05) is 11.8 Å². The predicted molar refractivity (Wildman–Crippen MR) is 156 cm³/mol. The number of sulfonamides is 1. The summed E-state index contributed by atoms with van der Waals surface area (Å²) in [4.78, 5) is 25.2. The lowest BCUT2D eigenvalue weighted by atomic mass is 10.2. The first-order valence-electron chi connectivity index (χ1n) is 11.5. The maximum absolute atomic E-state index is 12.6. The van der Waals surface area contributed by atoms with Gasteiger partial charge in [-0.05, 0) is 91.0 Å². The number of hydrazone groups is 1. The van der Waals surface area contributed by atoms with Crippen LogP contribution in [0.4, 0.5) is 5.69 Å². The molecule has 204 valence electrons. The highest BCUT2D eigenvalue weighted by Crippen LogP contribution is 2.24. The van der Waals surface area contributed by atoms with Crippen LogP contribution in [0.1, 0.15) is 26.3 Å². The van der Waals surface area contributed by atoms with Gasteiger partial charge < -0.3 is 9.47 Å². The van der Waals surface area contributed by atoms with Crippen LogP contribution in [0.15, 0.2) is 105 Å². The Labute approximate surface area is 244 Å². The maximum Gasteiger partial charge on any atom is 0.343 e. The molecule has 0 aromatic heterocycles. The fourth-order valence-corrected chi connectivity index (χ4v) is 4.90. The summed E-state index contributed by atoms with van der Waals surface area (Å²) in [6.45, 7) is 0. The van der Waals surface area contributed by atoms with Crippen LogP contribution in [0.5, 0.6) is 11.5 Å². The third-order valence-corrected chi connectivity index (χ3v) is 7.54. The summed E-state index contributed by atoms with van der Waals surface area (Å²) in [6, 6.07) is 23.0. The van der Waals surface area contributed by atoms with Crippen molar-refractivity contribution in [3.8, 4) is 11.5 Å². The number of rotatable bonds is 9. The van der Waals surface area contributed by atoms with Gasteiger partial charge in [0.05, 0.1) is 23.8 Å². The van der Waals surface area contributed by atoms with Gasteiger partial charge in [-0.15, -0.1) is 0 Å². The molecule has 0 aliphatic heterocycles. The average Bonchev–Trinajstić information content (AvgIpc) is 2.94. The molecule has 4 aromatic rings. The molecule has 4 aromatic carbocycles. The molecule has 9 nitrogen and oxygen atoms in total. The van der Waals surface area contributed by atoms with Crippen molar-refractivity contribution in [3.63, 3.8) is 0 Å². The van der Waals surface area contributed by atoms with Crippen molar-refractivity contribution in [3.05, 3.63) is 117 Å². The zero-order valence-electron chi connectivity index (χ0n) is 20.8. The molecule has 0 heterocycles. The normalized spacial score (nSPS) is 11.2. The quantitative estimate of drug-likeness (QED) is 0.102. The molecule has 0 aliphatic carbocycles. The number of nitrogens with zero attached hydrogens (tertiary/aromatic N) is 1. The molecular formula is C28H21BrClN3O6S. The number of hydrogen-bond acceptors (Lipinski definition) is 7. The zero-order valence-corrected chi connectivity index (χ0v) is 24.0. The van der Waals surface area contributed by atoms with Gasteiger partial charge in [0, 0.05) is 26.3 Å². The number of amides is 1. The highest BCUT2D eigenvalue weighted by atomic mass is 79.9. The van der Waals surface area contributed by atoms with E-state index in [1.165, 1.54) is 61.9 Å². The minimum Gasteiger partial charge on any atom is -0.497 e. The average molecular weight is 643 g/mol. The van der Waals surface area contributed by atoms with Crippen molar-refractivity contribution in [1.82, 2.24) is 5.43 Å². The number of halogens is 2. The molecule has 0 saturated heterocycles. The molecular weight excluding hydrogens is 622 g/mol. The highest BCUT2D eigenvalue weighted by Gasteiger charge is 2.15. The molecule has 12 heteroatoms. The van der Waals surface area contributed by atoms with Gasteiger partial charge in [-0.2, -0.15) is 5.10 Å². The minimum absolute atomic E-state index is 0.0506. The van der Waals surface area contributed by atoms with Crippen LogP contribution in [-0.4, -0.2) is 33.6 Å². The molecule has 40 heavy (non-hydrogen) atoms. The number of nitrogens with one attached hydrogen (secondary N) is 2. The minimum atomic E-state index is -3.82. The maximum atomic E-state index is 12.6. The van der Waals surface area contributed by atoms with Gasteiger partial charge in [0.1, 0.15) is 11.5 Å². The lowest BCUT2D eigenvalue weighted by Gasteiger charge is -2.09. The van der Waals surface area contributed by atoms with E-state index in [4.69, 9.17) is 21.1 Å². The largest absolute Gasteiger partial charge is 0.497 e. The number of carbonyl (C=O) groups is 2. The molecule has 4 rings (SSSR count). The summed E-state index contributed by atoms with van der Waals surface area (Å²) in [7, 11) is -2.29. The number of carbonyl (C=O) groups excluding carboxylic acids is 2. The molecule has 0 saturated carbocycles. The topological polar surface area (TPSA) is 123 Å². The van der Waals surface area contributed by atoms with Gasteiger partial charge in [0.25, 0.3) is 15.9 Å². The summed E-state index contributed by atoms with van der Waals surface area (Å²) in [6.07, 6.45) is 1.34.